The molecule has 5 rings (SSSR count). The van der Waals surface area contributed by atoms with Crippen LogP contribution in [0.3, 0.4) is 0 Å². The number of carbonyl (C=O) groups excluding carboxylic acids is 2. The molecule has 0 saturated carbocycles. The highest BCUT2D eigenvalue weighted by molar-refractivity contribution is 7.22. The number of hydrogen-bond donors (Lipinski definition) is 2. The van der Waals surface area contributed by atoms with Gasteiger partial charge < -0.3 is 25.0 Å². The van der Waals surface area contributed by atoms with Gasteiger partial charge in [-0.3, -0.25) is 19.0 Å². The van der Waals surface area contributed by atoms with E-state index in [4.69, 9.17) is 9.47 Å². The zero-order chi connectivity index (χ0) is 23.7. The van der Waals surface area contributed by atoms with Crippen molar-refractivity contribution in [1.29, 1.82) is 0 Å². The van der Waals surface area contributed by atoms with Gasteiger partial charge in [0.25, 0.3) is 5.56 Å². The Balaban J connectivity index is 1.30. The summed E-state index contributed by atoms with van der Waals surface area (Å²) >= 11 is 1.24. The summed E-state index contributed by atoms with van der Waals surface area (Å²) in [6.07, 6.45) is 3.03. The fourth-order valence-electron chi connectivity index (χ4n) is 4.10. The molecule has 0 aliphatic carbocycles. The molecule has 2 aliphatic heterocycles. The maximum absolute atomic E-state index is 13.0. The number of fused-ring (bicyclic) bond motifs is 2. The molecule has 1 fully saturated rings. The third-order valence-corrected chi connectivity index (χ3v) is 6.85. The Morgan fingerprint density at radius 3 is 2.97 bits per heavy atom. The normalized spacial score (nSPS) is 17.1. The van der Waals surface area contributed by atoms with Gasteiger partial charge in [0.05, 0.1) is 5.92 Å². The van der Waals surface area contributed by atoms with Crippen molar-refractivity contribution in [3.05, 3.63) is 34.9 Å². The van der Waals surface area contributed by atoms with Crippen LogP contribution in [0.15, 0.2) is 29.3 Å². The Hall–Kier alpha value is -3.67. The quantitative estimate of drug-likeness (QED) is 0.540. The van der Waals surface area contributed by atoms with E-state index in [2.05, 4.69) is 20.6 Å². The summed E-state index contributed by atoms with van der Waals surface area (Å²) in [7, 11) is 0. The van der Waals surface area contributed by atoms with Crippen LogP contribution in [0.2, 0.25) is 0 Å². The Labute approximate surface area is 198 Å². The fraction of sp³-hybridized carbons (Fsp3) is 0.409. The monoisotopic (exact) mass is 484 g/mol. The third-order valence-electron chi connectivity index (χ3n) is 5.76. The number of amides is 2. The molecule has 2 N–H and O–H groups in total. The highest BCUT2D eigenvalue weighted by atomic mass is 32.1. The molecule has 2 aromatic heterocycles. The van der Waals surface area contributed by atoms with Gasteiger partial charge in [0, 0.05) is 31.4 Å². The number of carbonyl (C=O) groups is 2. The third kappa shape index (κ3) is 4.40. The number of nitrogens with one attached hydrogen (secondary N) is 2. The van der Waals surface area contributed by atoms with Crippen molar-refractivity contribution in [3.63, 3.8) is 0 Å². The molecule has 0 spiro atoms. The zero-order valence-corrected chi connectivity index (χ0v) is 19.4. The summed E-state index contributed by atoms with van der Waals surface area (Å²) in [5.74, 6) is 0.749. The maximum atomic E-state index is 13.0. The first-order chi connectivity index (χ1) is 16.5. The Bertz CT molecular complexity index is 1300. The fourth-order valence-corrected chi connectivity index (χ4v) is 5.10. The predicted octanol–water partition coefficient (Wildman–Crippen LogP) is 1.57. The van der Waals surface area contributed by atoms with E-state index in [9.17, 15) is 14.4 Å². The number of benzene rings is 1. The summed E-state index contributed by atoms with van der Waals surface area (Å²) in [4.78, 5) is 48.7. The van der Waals surface area contributed by atoms with Crippen LogP contribution in [0.5, 0.6) is 11.5 Å². The lowest BCUT2D eigenvalue weighted by Crippen LogP contribution is -2.43. The standard InChI is InChI=1S/C22H24N6O5S/c1-2-23-20(30)13-4-3-7-27(9-13)22-26-19-18(34-22)21(31)28(11-24-19)10-17(29)25-14-5-6-15-16(8-14)33-12-32-15/h5-6,8,11,13H,2-4,7,9-10,12H2,1H3,(H,23,30)(H,25,29)/t13-/m0/s1. The van der Waals surface area contributed by atoms with Crippen LogP contribution in [0.1, 0.15) is 19.8 Å². The van der Waals surface area contributed by atoms with Crippen LogP contribution >= 0.6 is 11.3 Å². The molecule has 11 nitrogen and oxygen atoms in total. The van der Waals surface area contributed by atoms with Gasteiger partial charge in [-0.2, -0.15) is 4.98 Å². The second kappa shape index (κ2) is 9.29. The number of rotatable bonds is 6. The lowest BCUT2D eigenvalue weighted by atomic mass is 9.97. The van der Waals surface area contributed by atoms with Crippen molar-refractivity contribution in [2.75, 3.05) is 36.6 Å². The summed E-state index contributed by atoms with van der Waals surface area (Å²) < 4.78 is 12.2. The van der Waals surface area contributed by atoms with Crippen LogP contribution in [-0.2, 0) is 16.1 Å². The first kappa shape index (κ1) is 22.1. The minimum Gasteiger partial charge on any atom is -0.454 e. The van der Waals surface area contributed by atoms with Gasteiger partial charge in [0.2, 0.25) is 18.6 Å². The van der Waals surface area contributed by atoms with Gasteiger partial charge in [-0.05, 0) is 31.9 Å². The predicted molar refractivity (Wildman–Crippen MR) is 126 cm³/mol. The molecule has 1 saturated heterocycles. The van der Waals surface area contributed by atoms with Crippen LogP contribution < -0.4 is 30.6 Å². The largest absolute Gasteiger partial charge is 0.454 e. The number of piperidine rings is 1. The average molecular weight is 485 g/mol. The lowest BCUT2D eigenvalue weighted by molar-refractivity contribution is -0.125. The Kier molecular flexibility index (Phi) is 6.05. The molecule has 1 aromatic carbocycles. The van der Waals surface area contributed by atoms with E-state index in [1.54, 1.807) is 18.2 Å². The van der Waals surface area contributed by atoms with Crippen molar-refractivity contribution in [1.82, 2.24) is 19.9 Å². The molecule has 0 radical (unpaired) electrons. The SMILES string of the molecule is CCNC(=O)[C@H]1CCCN(c2nc3ncn(CC(=O)Nc4ccc5c(c4)OCO5)c(=O)c3s2)C1. The first-order valence-corrected chi connectivity index (χ1v) is 11.9. The molecule has 2 amide bonds. The lowest BCUT2D eigenvalue weighted by Gasteiger charge is -2.31. The number of hydrogen-bond acceptors (Lipinski definition) is 9. The van der Waals surface area contributed by atoms with Gasteiger partial charge in [-0.25, -0.2) is 4.98 Å². The number of ether oxygens (including phenoxy) is 2. The van der Waals surface area contributed by atoms with Gasteiger partial charge in [-0.1, -0.05) is 11.3 Å². The Morgan fingerprint density at radius 1 is 1.26 bits per heavy atom. The summed E-state index contributed by atoms with van der Waals surface area (Å²) in [5, 5.41) is 6.30. The molecule has 2 aliphatic rings. The second-order valence-electron chi connectivity index (χ2n) is 8.12. The summed E-state index contributed by atoms with van der Waals surface area (Å²) in [6, 6.07) is 5.10. The van der Waals surface area contributed by atoms with Crippen LogP contribution in [-0.4, -0.2) is 52.8 Å². The van der Waals surface area contributed by atoms with Gasteiger partial charge in [0.1, 0.15) is 17.6 Å². The van der Waals surface area contributed by atoms with Crippen molar-refractivity contribution in [2.24, 2.45) is 5.92 Å². The van der Waals surface area contributed by atoms with E-state index in [0.717, 1.165) is 19.4 Å². The first-order valence-electron chi connectivity index (χ1n) is 11.1. The highest BCUT2D eigenvalue weighted by Gasteiger charge is 2.27. The van der Waals surface area contributed by atoms with E-state index >= 15 is 0 Å². The van der Waals surface area contributed by atoms with Crippen molar-refractivity contribution < 1.29 is 19.1 Å². The zero-order valence-electron chi connectivity index (χ0n) is 18.6. The van der Waals surface area contributed by atoms with E-state index < -0.39 is 0 Å². The van der Waals surface area contributed by atoms with Crippen molar-refractivity contribution >= 4 is 44.3 Å². The van der Waals surface area contributed by atoms with Gasteiger partial charge >= 0.3 is 0 Å². The van der Waals surface area contributed by atoms with Crippen LogP contribution in [0.4, 0.5) is 10.8 Å². The average Bonchev–Trinajstić information content (AvgIpc) is 3.48. The van der Waals surface area contributed by atoms with E-state index in [1.165, 1.54) is 22.2 Å². The van der Waals surface area contributed by atoms with Gasteiger partial charge in [0.15, 0.2) is 22.3 Å². The molecule has 4 heterocycles. The molecule has 34 heavy (non-hydrogen) atoms. The van der Waals surface area contributed by atoms with E-state index in [1.807, 2.05) is 11.8 Å². The summed E-state index contributed by atoms with van der Waals surface area (Å²) in [5.41, 5.74) is 0.563. The molecule has 12 heteroatoms. The van der Waals surface area contributed by atoms with Gasteiger partial charge in [-0.15, -0.1) is 0 Å². The van der Waals surface area contributed by atoms with E-state index in [0.29, 0.717) is 45.8 Å². The molecule has 0 unspecified atom stereocenters. The number of aromatic nitrogens is 3. The Morgan fingerprint density at radius 2 is 2.12 bits per heavy atom. The topological polar surface area (TPSA) is 128 Å². The molecule has 178 valence electrons. The van der Waals surface area contributed by atoms with Crippen LogP contribution in [0, 0.1) is 5.92 Å². The maximum Gasteiger partial charge on any atom is 0.273 e. The molecular weight excluding hydrogens is 460 g/mol. The number of nitrogens with zero attached hydrogens (tertiary/aromatic N) is 4. The number of thiazole rings is 1. The second-order valence-corrected chi connectivity index (χ2v) is 9.10. The van der Waals surface area contributed by atoms with Crippen LogP contribution in [0.25, 0.3) is 10.3 Å². The highest BCUT2D eigenvalue weighted by Crippen LogP contribution is 2.34. The molecule has 0 bridgehead atoms. The van der Waals surface area contributed by atoms with Crippen molar-refractivity contribution in [2.45, 2.75) is 26.3 Å². The number of anilines is 2. The minimum absolute atomic E-state index is 0.0438. The summed E-state index contributed by atoms with van der Waals surface area (Å²) in [6.45, 7) is 3.78. The van der Waals surface area contributed by atoms with E-state index in [-0.39, 0.29) is 36.6 Å². The molecular formula is C22H24N6O5S. The molecule has 3 aromatic rings. The van der Waals surface area contributed by atoms with Crippen molar-refractivity contribution in [3.8, 4) is 11.5 Å². The minimum atomic E-state index is -0.368. The molecule has 1 atom stereocenters. The smallest absolute Gasteiger partial charge is 0.273 e.